The molecule has 0 unspecified atom stereocenters. The zero-order valence-corrected chi connectivity index (χ0v) is 11.4. The summed E-state index contributed by atoms with van der Waals surface area (Å²) in [6.45, 7) is 1.74. The van der Waals surface area contributed by atoms with Crippen LogP contribution in [0.25, 0.3) is 0 Å². The monoisotopic (exact) mass is 264 g/mol. The first kappa shape index (κ1) is 15.5. The number of carboxylic acid groups (broad SMARTS) is 1. The maximum Gasteiger partial charge on any atom is 0.303 e. The molecular weight excluding hydrogens is 240 g/mol. The number of unbranched alkanes of at least 4 members (excludes halogenated alkanes) is 2. The molecule has 4 heteroatoms. The summed E-state index contributed by atoms with van der Waals surface area (Å²) in [7, 11) is 0. The third-order valence-electron chi connectivity index (χ3n) is 3.02. The van der Waals surface area contributed by atoms with E-state index in [0.717, 1.165) is 44.5 Å². The van der Waals surface area contributed by atoms with Gasteiger partial charge in [-0.25, -0.2) is 0 Å². The van der Waals surface area contributed by atoms with Crippen LogP contribution in [0.4, 0.5) is 5.69 Å². The molecule has 0 saturated carbocycles. The van der Waals surface area contributed by atoms with E-state index in [-0.39, 0.29) is 6.42 Å². The fraction of sp³-hybridized carbons (Fsp3) is 0.533. The predicted molar refractivity (Wildman–Crippen MR) is 78.4 cm³/mol. The van der Waals surface area contributed by atoms with Crippen LogP contribution < -0.4 is 11.1 Å². The molecule has 4 nitrogen and oxygen atoms in total. The fourth-order valence-electron chi connectivity index (χ4n) is 1.91. The molecule has 0 saturated heterocycles. The highest BCUT2D eigenvalue weighted by Crippen LogP contribution is 2.12. The van der Waals surface area contributed by atoms with E-state index in [1.54, 1.807) is 0 Å². The first-order chi connectivity index (χ1) is 9.22. The number of hydrogen-bond acceptors (Lipinski definition) is 3. The van der Waals surface area contributed by atoms with Crippen LogP contribution in [0.5, 0.6) is 0 Å². The standard InChI is InChI=1S/C15H24N2O2/c16-11-2-1-3-12-17-14-9-7-13(8-10-14)5-4-6-15(18)19/h7-10,17H,1-6,11-12,16H2,(H,18,19). The third kappa shape index (κ3) is 7.47. The Hall–Kier alpha value is -1.55. The van der Waals surface area contributed by atoms with Gasteiger partial charge in [0.2, 0.25) is 0 Å². The SMILES string of the molecule is NCCCCCNc1ccc(CCCC(=O)O)cc1. The lowest BCUT2D eigenvalue weighted by Crippen LogP contribution is -2.04. The number of carbonyl (C=O) groups is 1. The summed E-state index contributed by atoms with van der Waals surface area (Å²) in [6.07, 6.45) is 5.14. The lowest BCUT2D eigenvalue weighted by molar-refractivity contribution is -0.137. The van der Waals surface area contributed by atoms with Crippen LogP contribution in [0.1, 0.15) is 37.7 Å². The number of anilines is 1. The molecule has 0 radical (unpaired) electrons. The number of nitrogens with one attached hydrogen (secondary N) is 1. The second-order valence-corrected chi connectivity index (χ2v) is 4.72. The van der Waals surface area contributed by atoms with Crippen molar-refractivity contribution in [1.82, 2.24) is 0 Å². The van der Waals surface area contributed by atoms with Gasteiger partial charge in [-0.3, -0.25) is 4.79 Å². The summed E-state index contributed by atoms with van der Waals surface area (Å²) < 4.78 is 0. The number of rotatable bonds is 10. The molecule has 0 amide bonds. The van der Waals surface area contributed by atoms with Crippen molar-refractivity contribution < 1.29 is 9.90 Å². The highest BCUT2D eigenvalue weighted by Gasteiger charge is 1.98. The van der Waals surface area contributed by atoms with Crippen molar-refractivity contribution in [2.24, 2.45) is 5.73 Å². The van der Waals surface area contributed by atoms with E-state index < -0.39 is 5.97 Å². The van der Waals surface area contributed by atoms with E-state index in [9.17, 15) is 4.79 Å². The molecule has 1 aromatic rings. The Kier molecular flexibility index (Phi) is 7.66. The largest absolute Gasteiger partial charge is 0.481 e. The van der Waals surface area contributed by atoms with Crippen LogP contribution in [0.3, 0.4) is 0 Å². The number of aliphatic carboxylic acids is 1. The summed E-state index contributed by atoms with van der Waals surface area (Å²) in [5.41, 5.74) is 7.75. The van der Waals surface area contributed by atoms with Gasteiger partial charge in [0.1, 0.15) is 0 Å². The van der Waals surface area contributed by atoms with Crippen molar-refractivity contribution in [3.05, 3.63) is 29.8 Å². The molecule has 0 fully saturated rings. The Balaban J connectivity index is 2.21. The second kappa shape index (κ2) is 9.39. The summed E-state index contributed by atoms with van der Waals surface area (Å²) >= 11 is 0. The molecule has 0 aromatic heterocycles. The van der Waals surface area contributed by atoms with Gasteiger partial charge in [-0.05, 0) is 49.9 Å². The van der Waals surface area contributed by atoms with Gasteiger partial charge in [-0.2, -0.15) is 0 Å². The van der Waals surface area contributed by atoms with Gasteiger partial charge in [0.05, 0.1) is 0 Å². The van der Waals surface area contributed by atoms with Gasteiger partial charge in [0.25, 0.3) is 0 Å². The molecule has 0 atom stereocenters. The van der Waals surface area contributed by atoms with Crippen molar-refractivity contribution >= 4 is 11.7 Å². The molecule has 0 aliphatic heterocycles. The number of nitrogens with two attached hydrogens (primary N) is 1. The highest BCUT2D eigenvalue weighted by atomic mass is 16.4. The Bertz CT molecular complexity index is 363. The zero-order valence-electron chi connectivity index (χ0n) is 11.4. The average Bonchev–Trinajstić information content (AvgIpc) is 2.40. The van der Waals surface area contributed by atoms with Crippen molar-refractivity contribution in [1.29, 1.82) is 0 Å². The molecule has 1 aromatic carbocycles. The first-order valence-electron chi connectivity index (χ1n) is 6.97. The van der Waals surface area contributed by atoms with Gasteiger partial charge >= 0.3 is 5.97 Å². The minimum absolute atomic E-state index is 0.237. The molecule has 0 aliphatic carbocycles. The smallest absolute Gasteiger partial charge is 0.303 e. The molecule has 0 heterocycles. The number of carboxylic acids is 1. The summed E-state index contributed by atoms with van der Waals surface area (Å²) in [4.78, 5) is 10.4. The maximum atomic E-state index is 10.4. The molecule has 1 rings (SSSR count). The zero-order chi connectivity index (χ0) is 13.9. The van der Waals surface area contributed by atoms with Gasteiger partial charge < -0.3 is 16.2 Å². The minimum atomic E-state index is -0.726. The predicted octanol–water partition coefficient (Wildman–Crippen LogP) is 2.63. The third-order valence-corrected chi connectivity index (χ3v) is 3.02. The highest BCUT2D eigenvalue weighted by molar-refractivity contribution is 5.66. The lowest BCUT2D eigenvalue weighted by Gasteiger charge is -2.07. The Morgan fingerprint density at radius 3 is 2.47 bits per heavy atom. The quantitative estimate of drug-likeness (QED) is 0.568. The first-order valence-corrected chi connectivity index (χ1v) is 6.97. The summed E-state index contributed by atoms with van der Waals surface area (Å²) in [6, 6.07) is 8.23. The van der Waals surface area contributed by atoms with E-state index in [0.29, 0.717) is 6.42 Å². The van der Waals surface area contributed by atoms with Crippen molar-refractivity contribution in [3.63, 3.8) is 0 Å². The molecule has 0 aliphatic rings. The Morgan fingerprint density at radius 2 is 1.84 bits per heavy atom. The maximum absolute atomic E-state index is 10.4. The number of hydrogen-bond donors (Lipinski definition) is 3. The van der Waals surface area contributed by atoms with Crippen LogP contribution in [-0.2, 0) is 11.2 Å². The van der Waals surface area contributed by atoms with Gasteiger partial charge in [-0.1, -0.05) is 18.6 Å². The molecule has 106 valence electrons. The topological polar surface area (TPSA) is 75.3 Å². The van der Waals surface area contributed by atoms with E-state index in [1.165, 1.54) is 5.56 Å². The average molecular weight is 264 g/mol. The van der Waals surface area contributed by atoms with E-state index in [4.69, 9.17) is 10.8 Å². The van der Waals surface area contributed by atoms with Crippen LogP contribution in [-0.4, -0.2) is 24.2 Å². The lowest BCUT2D eigenvalue weighted by atomic mass is 10.1. The van der Waals surface area contributed by atoms with Crippen molar-refractivity contribution in [3.8, 4) is 0 Å². The molecule has 19 heavy (non-hydrogen) atoms. The van der Waals surface area contributed by atoms with E-state index in [2.05, 4.69) is 29.6 Å². The second-order valence-electron chi connectivity index (χ2n) is 4.72. The summed E-state index contributed by atoms with van der Waals surface area (Å²) in [5.74, 6) is -0.726. The minimum Gasteiger partial charge on any atom is -0.481 e. The van der Waals surface area contributed by atoms with Crippen LogP contribution in [0, 0.1) is 0 Å². The molecule has 0 bridgehead atoms. The van der Waals surface area contributed by atoms with Crippen LogP contribution in [0.15, 0.2) is 24.3 Å². The molecular formula is C15H24N2O2. The fourth-order valence-corrected chi connectivity index (χ4v) is 1.91. The van der Waals surface area contributed by atoms with Crippen molar-refractivity contribution in [2.45, 2.75) is 38.5 Å². The van der Waals surface area contributed by atoms with Gasteiger partial charge in [0.15, 0.2) is 0 Å². The molecule has 4 N–H and O–H groups in total. The van der Waals surface area contributed by atoms with Gasteiger partial charge in [0, 0.05) is 18.7 Å². The van der Waals surface area contributed by atoms with Crippen molar-refractivity contribution in [2.75, 3.05) is 18.4 Å². The number of aryl methyl sites for hydroxylation is 1. The summed E-state index contributed by atoms with van der Waals surface area (Å²) in [5, 5.41) is 11.9. The Labute approximate surface area is 115 Å². The molecule has 0 spiro atoms. The van der Waals surface area contributed by atoms with Gasteiger partial charge in [-0.15, -0.1) is 0 Å². The number of benzene rings is 1. The normalized spacial score (nSPS) is 10.4. The van der Waals surface area contributed by atoms with E-state index >= 15 is 0 Å². The van der Waals surface area contributed by atoms with Crippen LogP contribution >= 0.6 is 0 Å². The van der Waals surface area contributed by atoms with E-state index in [1.807, 2.05) is 0 Å². The van der Waals surface area contributed by atoms with Crippen LogP contribution in [0.2, 0.25) is 0 Å². The Morgan fingerprint density at radius 1 is 1.11 bits per heavy atom.